The zero-order valence-corrected chi connectivity index (χ0v) is 16.0. The minimum atomic E-state index is -0.409. The minimum absolute atomic E-state index is 0.170. The van der Waals surface area contributed by atoms with E-state index in [1.807, 2.05) is 32.9 Å². The summed E-state index contributed by atoms with van der Waals surface area (Å²) in [4.78, 5) is 12.4. The van der Waals surface area contributed by atoms with Crippen molar-refractivity contribution in [1.82, 2.24) is 25.3 Å². The third-order valence-corrected chi connectivity index (χ3v) is 4.62. The van der Waals surface area contributed by atoms with Crippen molar-refractivity contribution in [2.75, 3.05) is 0 Å². The third-order valence-electron chi connectivity index (χ3n) is 4.27. The molecule has 0 unspecified atom stereocenters. The van der Waals surface area contributed by atoms with Gasteiger partial charge in [0.2, 0.25) is 5.91 Å². The van der Waals surface area contributed by atoms with Crippen LogP contribution in [0.1, 0.15) is 28.2 Å². The van der Waals surface area contributed by atoms with Gasteiger partial charge in [0.15, 0.2) is 5.82 Å². The number of rotatable bonds is 5. The molecule has 0 aliphatic rings. The summed E-state index contributed by atoms with van der Waals surface area (Å²) in [5.41, 5.74) is 3.90. The van der Waals surface area contributed by atoms with Gasteiger partial charge in [-0.2, -0.15) is 10.2 Å². The van der Waals surface area contributed by atoms with Crippen LogP contribution in [0.2, 0.25) is 5.02 Å². The second kappa shape index (κ2) is 7.84. The van der Waals surface area contributed by atoms with E-state index in [9.17, 15) is 9.18 Å². The van der Waals surface area contributed by atoms with Crippen molar-refractivity contribution in [3.8, 4) is 5.82 Å². The molecule has 0 bridgehead atoms. The molecule has 0 aliphatic carbocycles. The van der Waals surface area contributed by atoms with E-state index in [0.29, 0.717) is 11.4 Å². The highest BCUT2D eigenvalue weighted by Gasteiger charge is 2.17. The predicted molar refractivity (Wildman–Crippen MR) is 100 cm³/mol. The Balaban J connectivity index is 1.71. The largest absolute Gasteiger partial charge is 0.352 e. The van der Waals surface area contributed by atoms with Crippen LogP contribution in [0.4, 0.5) is 4.39 Å². The Kier molecular flexibility index (Phi) is 5.51. The van der Waals surface area contributed by atoms with E-state index in [1.165, 1.54) is 12.1 Å². The topological polar surface area (TPSA) is 72.7 Å². The lowest BCUT2D eigenvalue weighted by molar-refractivity contribution is -0.120. The highest BCUT2D eigenvalue weighted by Crippen LogP contribution is 2.19. The Morgan fingerprint density at radius 3 is 2.63 bits per heavy atom. The highest BCUT2D eigenvalue weighted by atomic mass is 35.5. The molecule has 0 fully saturated rings. The molecular formula is C19H19ClFN5O. The quantitative estimate of drug-likeness (QED) is 0.729. The molecule has 2 heterocycles. The van der Waals surface area contributed by atoms with Crippen molar-refractivity contribution in [3.05, 3.63) is 69.4 Å². The number of hydrogen-bond acceptors (Lipinski definition) is 4. The lowest BCUT2D eigenvalue weighted by Crippen LogP contribution is -2.25. The number of amides is 1. The van der Waals surface area contributed by atoms with Crippen LogP contribution in [0.15, 0.2) is 30.3 Å². The molecule has 27 heavy (non-hydrogen) atoms. The first kappa shape index (κ1) is 19.0. The second-order valence-electron chi connectivity index (χ2n) is 6.28. The normalized spacial score (nSPS) is 10.9. The smallest absolute Gasteiger partial charge is 0.224 e. The second-order valence-corrected chi connectivity index (χ2v) is 6.69. The fourth-order valence-electron chi connectivity index (χ4n) is 2.74. The number of nitrogens with one attached hydrogen (secondary N) is 1. The van der Waals surface area contributed by atoms with Crippen molar-refractivity contribution >= 4 is 17.5 Å². The molecule has 3 rings (SSSR count). The van der Waals surface area contributed by atoms with E-state index < -0.39 is 5.82 Å². The van der Waals surface area contributed by atoms with Crippen LogP contribution >= 0.6 is 11.6 Å². The fraction of sp³-hybridized carbons (Fsp3) is 0.263. The molecule has 1 N–H and O–H groups in total. The summed E-state index contributed by atoms with van der Waals surface area (Å²) < 4.78 is 14.8. The molecule has 140 valence electrons. The Morgan fingerprint density at radius 1 is 1.19 bits per heavy atom. The van der Waals surface area contributed by atoms with Crippen LogP contribution in [0.25, 0.3) is 5.82 Å². The van der Waals surface area contributed by atoms with Gasteiger partial charge in [0.25, 0.3) is 0 Å². The molecule has 2 aromatic heterocycles. The van der Waals surface area contributed by atoms with Gasteiger partial charge in [0.1, 0.15) is 5.82 Å². The molecular weight excluding hydrogens is 369 g/mol. The third kappa shape index (κ3) is 4.31. The Hall–Kier alpha value is -2.80. The zero-order chi connectivity index (χ0) is 19.6. The maximum atomic E-state index is 13.1. The Labute approximate surface area is 161 Å². The van der Waals surface area contributed by atoms with Gasteiger partial charge in [-0.15, -0.1) is 5.10 Å². The van der Waals surface area contributed by atoms with Gasteiger partial charge in [-0.25, -0.2) is 9.07 Å². The number of carbonyl (C=O) groups is 1. The summed E-state index contributed by atoms with van der Waals surface area (Å²) in [5.74, 6) is 0.0232. The van der Waals surface area contributed by atoms with Crippen LogP contribution in [0.3, 0.4) is 0 Å². The number of halogens is 2. The average molecular weight is 388 g/mol. The minimum Gasteiger partial charge on any atom is -0.352 e. The van der Waals surface area contributed by atoms with E-state index in [1.54, 1.807) is 10.7 Å². The van der Waals surface area contributed by atoms with Crippen molar-refractivity contribution in [3.63, 3.8) is 0 Å². The van der Waals surface area contributed by atoms with Crippen molar-refractivity contribution in [1.29, 1.82) is 0 Å². The number of nitrogens with zero attached hydrogens (tertiary/aromatic N) is 4. The van der Waals surface area contributed by atoms with E-state index in [2.05, 4.69) is 20.6 Å². The first-order valence-corrected chi connectivity index (χ1v) is 8.79. The summed E-state index contributed by atoms with van der Waals surface area (Å²) in [7, 11) is 0. The average Bonchev–Trinajstić information content (AvgIpc) is 2.90. The molecule has 0 saturated carbocycles. The summed E-state index contributed by atoms with van der Waals surface area (Å²) in [6, 6.07) is 7.79. The monoisotopic (exact) mass is 387 g/mol. The molecule has 0 saturated heterocycles. The van der Waals surface area contributed by atoms with Gasteiger partial charge in [-0.05, 0) is 50.6 Å². The molecule has 6 nitrogen and oxygen atoms in total. The number of aryl methyl sites for hydroxylation is 2. The van der Waals surface area contributed by atoms with E-state index in [-0.39, 0.29) is 23.9 Å². The summed E-state index contributed by atoms with van der Waals surface area (Å²) in [6.07, 6.45) is 0.176. The molecule has 8 heteroatoms. The van der Waals surface area contributed by atoms with Gasteiger partial charge in [-0.1, -0.05) is 17.7 Å². The maximum absolute atomic E-state index is 13.1. The highest BCUT2D eigenvalue weighted by molar-refractivity contribution is 6.31. The van der Waals surface area contributed by atoms with Gasteiger partial charge < -0.3 is 5.32 Å². The molecule has 1 amide bonds. The maximum Gasteiger partial charge on any atom is 0.224 e. The summed E-state index contributed by atoms with van der Waals surface area (Å²) >= 11 is 5.99. The van der Waals surface area contributed by atoms with Crippen LogP contribution in [0.5, 0.6) is 0 Å². The Morgan fingerprint density at radius 2 is 1.96 bits per heavy atom. The molecule has 0 radical (unpaired) electrons. The zero-order valence-electron chi connectivity index (χ0n) is 15.3. The van der Waals surface area contributed by atoms with Crippen LogP contribution in [-0.4, -0.2) is 25.9 Å². The van der Waals surface area contributed by atoms with Crippen molar-refractivity contribution in [2.24, 2.45) is 0 Å². The first-order valence-electron chi connectivity index (χ1n) is 8.41. The standard InChI is InChI=1S/C19H19ClFN5O/c1-11-4-7-18(24-23-11)26-13(3)16(12(2)25-26)9-19(27)22-10-14-5-6-15(21)8-17(14)20/h4-8H,9-10H2,1-3H3,(H,22,27). The van der Waals surface area contributed by atoms with Crippen molar-refractivity contribution < 1.29 is 9.18 Å². The number of aromatic nitrogens is 4. The summed E-state index contributed by atoms with van der Waals surface area (Å²) in [5, 5.41) is 15.8. The SMILES string of the molecule is Cc1ccc(-n2nc(C)c(CC(=O)NCc3ccc(F)cc3Cl)c2C)nn1. The van der Waals surface area contributed by atoms with Gasteiger partial charge >= 0.3 is 0 Å². The molecule has 1 aromatic carbocycles. The Bertz CT molecular complexity index is 985. The predicted octanol–water partition coefficient (Wildman–Crippen LogP) is 3.24. The van der Waals surface area contributed by atoms with E-state index in [0.717, 1.165) is 22.6 Å². The number of hydrogen-bond donors (Lipinski definition) is 1. The lowest BCUT2D eigenvalue weighted by atomic mass is 10.1. The first-order chi connectivity index (χ1) is 12.8. The lowest BCUT2D eigenvalue weighted by Gasteiger charge is -2.08. The van der Waals surface area contributed by atoms with E-state index in [4.69, 9.17) is 11.6 Å². The van der Waals surface area contributed by atoms with Crippen LogP contribution in [0, 0.1) is 26.6 Å². The number of carbonyl (C=O) groups excluding carboxylic acids is 1. The van der Waals surface area contributed by atoms with Gasteiger partial charge in [-0.3, -0.25) is 4.79 Å². The molecule has 0 atom stereocenters. The number of benzene rings is 1. The van der Waals surface area contributed by atoms with Gasteiger partial charge in [0.05, 0.1) is 17.8 Å². The van der Waals surface area contributed by atoms with Gasteiger partial charge in [0, 0.05) is 22.8 Å². The molecule has 0 spiro atoms. The molecule has 0 aliphatic heterocycles. The van der Waals surface area contributed by atoms with Crippen LogP contribution in [-0.2, 0) is 17.8 Å². The fourth-order valence-corrected chi connectivity index (χ4v) is 2.97. The summed E-state index contributed by atoms with van der Waals surface area (Å²) in [6.45, 7) is 5.83. The molecule has 3 aromatic rings. The van der Waals surface area contributed by atoms with Crippen molar-refractivity contribution in [2.45, 2.75) is 33.7 Å². The van der Waals surface area contributed by atoms with Crippen LogP contribution < -0.4 is 5.32 Å². The van der Waals surface area contributed by atoms with E-state index >= 15 is 0 Å².